The van der Waals surface area contributed by atoms with E-state index in [1.807, 2.05) is 0 Å². The third-order valence-corrected chi connectivity index (χ3v) is 5.46. The van der Waals surface area contributed by atoms with Crippen LogP contribution in [0.1, 0.15) is 18.7 Å². The number of methoxy groups -OCH3 is 1. The Kier molecular flexibility index (Phi) is 6.12. The van der Waals surface area contributed by atoms with Gasteiger partial charge in [0.2, 0.25) is 0 Å². The summed E-state index contributed by atoms with van der Waals surface area (Å²) in [7, 11) is -1.99. The number of esters is 1. The Morgan fingerprint density at radius 1 is 1.07 bits per heavy atom. The molecule has 8 heteroatoms. The topological polar surface area (TPSA) is 86.5 Å². The van der Waals surface area contributed by atoms with Crippen LogP contribution in [0.3, 0.4) is 0 Å². The van der Waals surface area contributed by atoms with Gasteiger partial charge >= 0.3 is 5.97 Å². The lowest BCUT2D eigenvalue weighted by molar-refractivity contribution is -0.140. The van der Waals surface area contributed by atoms with E-state index in [1.54, 1.807) is 24.3 Å². The van der Waals surface area contributed by atoms with Gasteiger partial charge in [0.25, 0.3) is 0 Å². The van der Waals surface area contributed by atoms with Crippen molar-refractivity contribution < 1.29 is 26.8 Å². The van der Waals surface area contributed by atoms with E-state index in [2.05, 4.69) is 9.72 Å². The first-order valence-corrected chi connectivity index (χ1v) is 10.8. The third-order valence-electron chi connectivity index (χ3n) is 4.33. The Labute approximate surface area is 168 Å². The van der Waals surface area contributed by atoms with Crippen molar-refractivity contribution in [1.29, 1.82) is 0 Å². The molecule has 0 spiro atoms. The highest BCUT2D eigenvalue weighted by Gasteiger charge is 2.18. The number of carbonyl (C=O) groups excluding carboxylic acids is 1. The van der Waals surface area contributed by atoms with Crippen LogP contribution in [0, 0.1) is 5.82 Å². The molecule has 0 unspecified atom stereocenters. The summed E-state index contributed by atoms with van der Waals surface area (Å²) >= 11 is 0. The van der Waals surface area contributed by atoms with Gasteiger partial charge in [0.1, 0.15) is 11.5 Å². The number of aromatic nitrogens is 1. The highest BCUT2D eigenvalue weighted by Crippen LogP contribution is 2.33. The van der Waals surface area contributed by atoms with Crippen molar-refractivity contribution in [2.45, 2.75) is 24.2 Å². The Morgan fingerprint density at radius 3 is 2.28 bits per heavy atom. The number of rotatable bonds is 7. The fourth-order valence-electron chi connectivity index (χ4n) is 2.81. The minimum Gasteiger partial charge on any atom is -0.469 e. The van der Waals surface area contributed by atoms with Crippen LogP contribution in [0.25, 0.3) is 22.6 Å². The molecule has 6 nitrogen and oxygen atoms in total. The lowest BCUT2D eigenvalue weighted by Gasteiger charge is -2.03. The number of hydrogen-bond acceptors (Lipinski definition) is 6. The van der Waals surface area contributed by atoms with E-state index in [9.17, 15) is 17.6 Å². The van der Waals surface area contributed by atoms with Gasteiger partial charge in [-0.05, 0) is 55.0 Å². The molecule has 3 aromatic rings. The second kappa shape index (κ2) is 8.57. The summed E-state index contributed by atoms with van der Waals surface area (Å²) in [6.07, 6.45) is 2.30. The molecule has 2 aromatic carbocycles. The van der Waals surface area contributed by atoms with Gasteiger partial charge in [-0.25, -0.2) is 17.8 Å². The molecule has 0 fully saturated rings. The quantitative estimate of drug-likeness (QED) is 0.539. The minimum atomic E-state index is -3.32. The molecule has 3 rings (SSSR count). The minimum absolute atomic E-state index is 0.197. The fraction of sp³-hybridized carbons (Fsp3) is 0.238. The summed E-state index contributed by atoms with van der Waals surface area (Å²) in [5.41, 5.74) is 1.82. The van der Waals surface area contributed by atoms with E-state index in [-0.39, 0.29) is 23.1 Å². The smallest absolute Gasteiger partial charge is 0.305 e. The number of carbonyl (C=O) groups is 1. The molecule has 0 bridgehead atoms. The van der Waals surface area contributed by atoms with Crippen LogP contribution in [0.4, 0.5) is 4.39 Å². The summed E-state index contributed by atoms with van der Waals surface area (Å²) in [5.74, 6) is 0.196. The van der Waals surface area contributed by atoms with Gasteiger partial charge in [0, 0.05) is 30.2 Å². The normalized spacial score (nSPS) is 11.4. The van der Waals surface area contributed by atoms with Gasteiger partial charge < -0.3 is 9.15 Å². The van der Waals surface area contributed by atoms with Gasteiger partial charge in [0.05, 0.1) is 12.0 Å². The van der Waals surface area contributed by atoms with Crippen molar-refractivity contribution in [2.75, 3.05) is 13.4 Å². The molecule has 152 valence electrons. The number of sulfone groups is 1. The average molecular weight is 417 g/mol. The van der Waals surface area contributed by atoms with Gasteiger partial charge in [-0.1, -0.05) is 0 Å². The molecule has 0 N–H and O–H groups in total. The lowest BCUT2D eigenvalue weighted by atomic mass is 10.1. The number of ether oxygens (including phenoxy) is 1. The van der Waals surface area contributed by atoms with E-state index in [0.717, 1.165) is 6.26 Å². The molecule has 0 aliphatic carbocycles. The van der Waals surface area contributed by atoms with Crippen LogP contribution < -0.4 is 0 Å². The number of oxazole rings is 1. The second-order valence-electron chi connectivity index (χ2n) is 6.52. The van der Waals surface area contributed by atoms with Crippen LogP contribution in [-0.4, -0.2) is 32.7 Å². The molecule has 1 heterocycles. The van der Waals surface area contributed by atoms with Gasteiger partial charge in [-0.15, -0.1) is 0 Å². The van der Waals surface area contributed by atoms with E-state index >= 15 is 0 Å². The van der Waals surface area contributed by atoms with Crippen LogP contribution in [-0.2, 0) is 25.8 Å². The summed E-state index contributed by atoms with van der Waals surface area (Å²) in [4.78, 5) is 16.0. The number of halogens is 1. The van der Waals surface area contributed by atoms with Crippen molar-refractivity contribution in [1.82, 2.24) is 4.98 Å². The van der Waals surface area contributed by atoms with E-state index in [1.165, 1.54) is 31.4 Å². The maximum Gasteiger partial charge on any atom is 0.305 e. The molecule has 0 saturated carbocycles. The molecule has 0 saturated heterocycles. The number of nitrogens with zero attached hydrogens (tertiary/aromatic N) is 1. The highest BCUT2D eigenvalue weighted by molar-refractivity contribution is 7.90. The standard InChI is InChI=1S/C21H20FNO5S/c1-27-19(24)5-3-4-18-23-20(14-6-10-16(22)11-7-14)21(28-18)15-8-12-17(13-9-15)29(2,25)26/h6-13H,3-5H2,1-2H3. The molecule has 29 heavy (non-hydrogen) atoms. The molecule has 0 aliphatic rings. The van der Waals surface area contributed by atoms with Crippen LogP contribution in [0.2, 0.25) is 0 Å². The maximum atomic E-state index is 13.3. The molecule has 0 radical (unpaired) electrons. The Balaban J connectivity index is 1.97. The van der Waals surface area contributed by atoms with Crippen molar-refractivity contribution >= 4 is 15.8 Å². The zero-order valence-electron chi connectivity index (χ0n) is 16.0. The van der Waals surface area contributed by atoms with E-state index in [4.69, 9.17) is 4.42 Å². The van der Waals surface area contributed by atoms with Crippen molar-refractivity contribution in [3.63, 3.8) is 0 Å². The third kappa shape index (κ3) is 5.08. The van der Waals surface area contributed by atoms with Gasteiger partial charge in [0.15, 0.2) is 21.5 Å². The Bertz CT molecular complexity index is 1100. The summed E-state index contributed by atoms with van der Waals surface area (Å²) in [5, 5.41) is 0. The first kappa shape index (κ1) is 20.7. The average Bonchev–Trinajstić information content (AvgIpc) is 3.12. The number of hydrogen-bond donors (Lipinski definition) is 0. The number of benzene rings is 2. The maximum absolute atomic E-state index is 13.3. The van der Waals surface area contributed by atoms with Crippen LogP contribution in [0.5, 0.6) is 0 Å². The Morgan fingerprint density at radius 2 is 1.69 bits per heavy atom. The fourth-order valence-corrected chi connectivity index (χ4v) is 3.44. The monoisotopic (exact) mass is 417 g/mol. The highest BCUT2D eigenvalue weighted by atomic mass is 32.2. The SMILES string of the molecule is COC(=O)CCCc1nc(-c2ccc(F)cc2)c(-c2ccc(S(C)(=O)=O)cc2)o1. The summed E-state index contributed by atoms with van der Waals surface area (Å²) in [6.45, 7) is 0. The second-order valence-corrected chi connectivity index (χ2v) is 8.53. The van der Waals surface area contributed by atoms with E-state index in [0.29, 0.717) is 41.3 Å². The molecule has 0 aliphatic heterocycles. The largest absolute Gasteiger partial charge is 0.469 e. The Hall–Kier alpha value is -3.00. The van der Waals surface area contributed by atoms with E-state index < -0.39 is 9.84 Å². The zero-order valence-corrected chi connectivity index (χ0v) is 16.8. The first-order valence-electron chi connectivity index (χ1n) is 8.91. The number of aryl methyl sites for hydroxylation is 1. The van der Waals surface area contributed by atoms with Crippen molar-refractivity contribution in [3.05, 3.63) is 60.2 Å². The predicted octanol–water partition coefficient (Wildman–Crippen LogP) is 4.05. The molecular formula is C21H20FNO5S. The van der Waals surface area contributed by atoms with Crippen LogP contribution >= 0.6 is 0 Å². The van der Waals surface area contributed by atoms with Crippen LogP contribution in [0.15, 0.2) is 57.8 Å². The summed E-state index contributed by atoms with van der Waals surface area (Å²) < 4.78 is 47.3. The van der Waals surface area contributed by atoms with Crippen molar-refractivity contribution in [3.8, 4) is 22.6 Å². The van der Waals surface area contributed by atoms with Gasteiger partial charge in [-0.3, -0.25) is 4.79 Å². The first-order chi connectivity index (χ1) is 13.8. The zero-order chi connectivity index (χ0) is 21.0. The summed E-state index contributed by atoms with van der Waals surface area (Å²) in [6, 6.07) is 12.1. The predicted molar refractivity (Wildman–Crippen MR) is 105 cm³/mol. The van der Waals surface area contributed by atoms with Crippen molar-refractivity contribution in [2.24, 2.45) is 0 Å². The molecule has 0 atom stereocenters. The van der Waals surface area contributed by atoms with Gasteiger partial charge in [-0.2, -0.15) is 0 Å². The molecular weight excluding hydrogens is 397 g/mol. The molecule has 0 amide bonds. The lowest BCUT2D eigenvalue weighted by Crippen LogP contribution is -2.00. The molecule has 1 aromatic heterocycles.